The van der Waals surface area contributed by atoms with Crippen LogP contribution in [0.1, 0.15) is 17.5 Å². The average molecular weight is 432 g/mol. The van der Waals surface area contributed by atoms with E-state index < -0.39 is 5.92 Å². The summed E-state index contributed by atoms with van der Waals surface area (Å²) in [5.41, 5.74) is 2.88. The number of amides is 2. The predicted molar refractivity (Wildman–Crippen MR) is 118 cm³/mol. The van der Waals surface area contributed by atoms with Crippen molar-refractivity contribution in [2.24, 2.45) is 5.92 Å². The summed E-state index contributed by atoms with van der Waals surface area (Å²) in [5, 5.41) is 3.02. The molecule has 1 atom stereocenters. The van der Waals surface area contributed by atoms with Crippen molar-refractivity contribution >= 4 is 17.5 Å². The van der Waals surface area contributed by atoms with Crippen molar-refractivity contribution in [2.75, 3.05) is 24.7 Å². The number of imidazole rings is 1. The first-order valence-corrected chi connectivity index (χ1v) is 10.7. The third-order valence-corrected chi connectivity index (χ3v) is 5.82. The highest BCUT2D eigenvalue weighted by molar-refractivity contribution is 6.00. The van der Waals surface area contributed by atoms with Gasteiger partial charge < -0.3 is 24.3 Å². The maximum atomic E-state index is 12.9. The van der Waals surface area contributed by atoms with Gasteiger partial charge in [0.05, 0.1) is 12.2 Å². The third kappa shape index (κ3) is 4.16. The zero-order valence-corrected chi connectivity index (χ0v) is 17.6. The Morgan fingerprint density at radius 1 is 1.09 bits per heavy atom. The Morgan fingerprint density at radius 2 is 1.91 bits per heavy atom. The van der Waals surface area contributed by atoms with E-state index in [-0.39, 0.29) is 18.2 Å². The number of nitrogens with one attached hydrogen (secondary N) is 1. The van der Waals surface area contributed by atoms with Gasteiger partial charge in [-0.3, -0.25) is 9.59 Å². The topological polar surface area (TPSA) is 85.7 Å². The molecule has 1 aromatic heterocycles. The number of rotatable bonds is 6. The van der Waals surface area contributed by atoms with Gasteiger partial charge in [-0.2, -0.15) is 0 Å². The molecule has 0 saturated carbocycles. The molecule has 2 aliphatic rings. The molecule has 8 nitrogen and oxygen atoms in total. The molecule has 0 bridgehead atoms. The summed E-state index contributed by atoms with van der Waals surface area (Å²) in [4.78, 5) is 31.2. The zero-order valence-electron chi connectivity index (χ0n) is 17.6. The highest BCUT2D eigenvalue weighted by Gasteiger charge is 2.35. The van der Waals surface area contributed by atoms with Crippen molar-refractivity contribution in [2.45, 2.75) is 19.5 Å². The van der Waals surface area contributed by atoms with E-state index in [1.807, 2.05) is 47.2 Å². The Bertz CT molecular complexity index is 1130. The number of ether oxygens (including phenoxy) is 2. The van der Waals surface area contributed by atoms with Gasteiger partial charge in [-0.1, -0.05) is 24.3 Å². The number of anilines is 1. The quantitative estimate of drug-likeness (QED) is 0.646. The van der Waals surface area contributed by atoms with Crippen molar-refractivity contribution in [3.8, 4) is 11.5 Å². The number of hydrogen-bond donors (Lipinski definition) is 1. The Labute approximate surface area is 185 Å². The van der Waals surface area contributed by atoms with Crippen LogP contribution in [0, 0.1) is 5.92 Å². The van der Waals surface area contributed by atoms with E-state index in [1.54, 1.807) is 23.5 Å². The van der Waals surface area contributed by atoms with Crippen LogP contribution in [-0.2, 0) is 22.7 Å². The molecule has 3 aromatic rings. The number of carbonyl (C=O) groups is 2. The SMILES string of the molecule is O=C(NCc1ccccc1Cn1ccnc1)[C@@H]1CC(=O)N(c2ccc3c(c2)OCCO3)C1. The third-order valence-electron chi connectivity index (χ3n) is 5.82. The maximum absolute atomic E-state index is 12.9. The van der Waals surface area contributed by atoms with Crippen LogP contribution in [-0.4, -0.2) is 41.1 Å². The molecule has 2 aromatic carbocycles. The van der Waals surface area contributed by atoms with Gasteiger partial charge in [0.25, 0.3) is 0 Å². The van der Waals surface area contributed by atoms with Crippen LogP contribution in [0.25, 0.3) is 0 Å². The maximum Gasteiger partial charge on any atom is 0.227 e. The van der Waals surface area contributed by atoms with Crippen molar-refractivity contribution in [3.63, 3.8) is 0 Å². The van der Waals surface area contributed by atoms with E-state index in [1.165, 1.54) is 0 Å². The van der Waals surface area contributed by atoms with Gasteiger partial charge in [0.1, 0.15) is 13.2 Å². The molecule has 5 rings (SSSR count). The highest BCUT2D eigenvalue weighted by Crippen LogP contribution is 2.36. The lowest BCUT2D eigenvalue weighted by atomic mass is 10.1. The number of benzene rings is 2. The van der Waals surface area contributed by atoms with Gasteiger partial charge in [0.15, 0.2) is 11.5 Å². The van der Waals surface area contributed by atoms with Gasteiger partial charge in [0.2, 0.25) is 11.8 Å². The van der Waals surface area contributed by atoms with Crippen molar-refractivity contribution < 1.29 is 19.1 Å². The van der Waals surface area contributed by atoms with E-state index in [9.17, 15) is 9.59 Å². The molecule has 0 aliphatic carbocycles. The van der Waals surface area contributed by atoms with Gasteiger partial charge in [-0.25, -0.2) is 4.98 Å². The largest absolute Gasteiger partial charge is 0.486 e. The molecule has 1 fully saturated rings. The van der Waals surface area contributed by atoms with Gasteiger partial charge >= 0.3 is 0 Å². The summed E-state index contributed by atoms with van der Waals surface area (Å²) in [6.07, 6.45) is 5.61. The summed E-state index contributed by atoms with van der Waals surface area (Å²) in [5.74, 6) is 0.730. The molecule has 164 valence electrons. The van der Waals surface area contributed by atoms with Crippen LogP contribution in [0.5, 0.6) is 11.5 Å². The first-order valence-electron chi connectivity index (χ1n) is 10.7. The fraction of sp³-hybridized carbons (Fsp3) is 0.292. The minimum absolute atomic E-state index is 0.0673. The minimum Gasteiger partial charge on any atom is -0.486 e. The van der Waals surface area contributed by atoms with Crippen molar-refractivity contribution in [1.29, 1.82) is 0 Å². The van der Waals surface area contributed by atoms with E-state index >= 15 is 0 Å². The zero-order chi connectivity index (χ0) is 21.9. The molecule has 0 radical (unpaired) electrons. The summed E-state index contributed by atoms with van der Waals surface area (Å²) in [6, 6.07) is 13.4. The molecular weight excluding hydrogens is 408 g/mol. The van der Waals surface area contributed by atoms with Crippen LogP contribution >= 0.6 is 0 Å². The second-order valence-electron chi connectivity index (χ2n) is 7.95. The average Bonchev–Trinajstić information content (AvgIpc) is 3.47. The Morgan fingerprint density at radius 3 is 2.72 bits per heavy atom. The highest BCUT2D eigenvalue weighted by atomic mass is 16.6. The number of hydrogen-bond acceptors (Lipinski definition) is 5. The lowest BCUT2D eigenvalue weighted by Gasteiger charge is -2.22. The first-order chi connectivity index (χ1) is 15.7. The molecule has 0 spiro atoms. The van der Waals surface area contributed by atoms with Gasteiger partial charge in [0, 0.05) is 50.2 Å². The van der Waals surface area contributed by atoms with Crippen LogP contribution in [0.3, 0.4) is 0 Å². The molecule has 2 aliphatic heterocycles. The Balaban J connectivity index is 1.22. The lowest BCUT2D eigenvalue weighted by molar-refractivity contribution is -0.126. The van der Waals surface area contributed by atoms with Crippen LogP contribution in [0.15, 0.2) is 61.2 Å². The van der Waals surface area contributed by atoms with Crippen LogP contribution < -0.4 is 19.7 Å². The molecule has 32 heavy (non-hydrogen) atoms. The second kappa shape index (κ2) is 8.74. The molecule has 8 heteroatoms. The molecule has 3 heterocycles. The molecule has 2 amide bonds. The fourth-order valence-electron chi connectivity index (χ4n) is 4.12. The molecule has 1 saturated heterocycles. The minimum atomic E-state index is -0.392. The van der Waals surface area contributed by atoms with Gasteiger partial charge in [-0.05, 0) is 23.3 Å². The Hall–Kier alpha value is -3.81. The van der Waals surface area contributed by atoms with E-state index in [0.29, 0.717) is 44.3 Å². The summed E-state index contributed by atoms with van der Waals surface area (Å²) in [6.45, 7) is 2.45. The number of fused-ring (bicyclic) bond motifs is 1. The second-order valence-corrected chi connectivity index (χ2v) is 7.95. The van der Waals surface area contributed by atoms with Crippen LogP contribution in [0.2, 0.25) is 0 Å². The Kier molecular flexibility index (Phi) is 5.49. The van der Waals surface area contributed by atoms with E-state index in [2.05, 4.69) is 10.3 Å². The summed E-state index contributed by atoms with van der Waals surface area (Å²) < 4.78 is 13.2. The number of carbonyl (C=O) groups excluding carboxylic acids is 2. The lowest BCUT2D eigenvalue weighted by Crippen LogP contribution is -2.33. The fourth-order valence-corrected chi connectivity index (χ4v) is 4.12. The number of nitrogens with zero attached hydrogens (tertiary/aromatic N) is 3. The van der Waals surface area contributed by atoms with Crippen molar-refractivity contribution in [1.82, 2.24) is 14.9 Å². The van der Waals surface area contributed by atoms with E-state index in [4.69, 9.17) is 9.47 Å². The van der Waals surface area contributed by atoms with Gasteiger partial charge in [-0.15, -0.1) is 0 Å². The summed E-state index contributed by atoms with van der Waals surface area (Å²) in [7, 11) is 0. The van der Waals surface area contributed by atoms with Crippen LogP contribution in [0.4, 0.5) is 5.69 Å². The first kappa shape index (κ1) is 20.1. The predicted octanol–water partition coefficient (Wildman–Crippen LogP) is 2.37. The van der Waals surface area contributed by atoms with Crippen molar-refractivity contribution in [3.05, 3.63) is 72.3 Å². The number of aromatic nitrogens is 2. The monoisotopic (exact) mass is 432 g/mol. The molecule has 0 unspecified atom stereocenters. The normalized spacial score (nSPS) is 17.4. The summed E-state index contributed by atoms with van der Waals surface area (Å²) >= 11 is 0. The molecule has 1 N–H and O–H groups in total. The smallest absolute Gasteiger partial charge is 0.227 e. The molecular formula is C24H24N4O4. The standard InChI is InChI=1S/C24H24N4O4/c29-23-11-19(15-28(23)20-5-6-21-22(12-20)32-10-9-31-21)24(30)26-13-17-3-1-2-4-18(17)14-27-8-7-25-16-27/h1-8,12,16,19H,9-11,13-15H2,(H,26,30)/t19-/m1/s1. The van der Waals surface area contributed by atoms with E-state index in [0.717, 1.165) is 16.8 Å².